The van der Waals surface area contributed by atoms with Gasteiger partial charge >= 0.3 is 0 Å². The molecule has 0 spiro atoms. The summed E-state index contributed by atoms with van der Waals surface area (Å²) in [5, 5.41) is 10.9. The van der Waals surface area contributed by atoms with Crippen LogP contribution in [0.15, 0.2) is 42.5 Å². The Balaban J connectivity index is 2.22. The molecule has 0 radical (unpaired) electrons. The van der Waals surface area contributed by atoms with Gasteiger partial charge in [-0.05, 0) is 30.3 Å². The van der Waals surface area contributed by atoms with Gasteiger partial charge in [0, 0.05) is 17.2 Å². The molecular formula is C16H11F2NO2. The molecule has 0 fully saturated rings. The standard InChI is InChI=1S/C16H11F2NO2/c17-13-6-7-14(18)15(10-13)19-16(21)12-5-1-3-11(9-12)4-2-8-20/h1,3,5-7,9-10,20H,8H2,(H,19,21). The van der Waals surface area contributed by atoms with Crippen molar-refractivity contribution in [1.29, 1.82) is 0 Å². The Labute approximate surface area is 120 Å². The second kappa shape index (κ2) is 6.64. The normalized spacial score (nSPS) is 9.67. The van der Waals surface area contributed by atoms with E-state index in [1.165, 1.54) is 12.1 Å². The van der Waals surface area contributed by atoms with Crippen molar-refractivity contribution >= 4 is 11.6 Å². The van der Waals surface area contributed by atoms with Crippen LogP contribution in [0, 0.1) is 23.5 Å². The van der Waals surface area contributed by atoms with Crippen molar-refractivity contribution < 1.29 is 18.7 Å². The molecule has 0 aliphatic rings. The summed E-state index contributed by atoms with van der Waals surface area (Å²) in [5.41, 5.74) is 0.562. The monoisotopic (exact) mass is 287 g/mol. The van der Waals surface area contributed by atoms with E-state index in [-0.39, 0.29) is 17.9 Å². The second-order valence-electron chi connectivity index (χ2n) is 4.12. The fourth-order valence-electron chi connectivity index (χ4n) is 1.67. The van der Waals surface area contributed by atoms with Gasteiger partial charge in [-0.15, -0.1) is 0 Å². The molecule has 1 amide bonds. The lowest BCUT2D eigenvalue weighted by Crippen LogP contribution is -2.13. The lowest BCUT2D eigenvalue weighted by molar-refractivity contribution is 0.102. The molecule has 3 nitrogen and oxygen atoms in total. The number of benzene rings is 2. The topological polar surface area (TPSA) is 49.3 Å². The molecule has 0 atom stereocenters. The van der Waals surface area contributed by atoms with Crippen molar-refractivity contribution in [3.63, 3.8) is 0 Å². The third kappa shape index (κ3) is 3.88. The number of halogens is 2. The van der Waals surface area contributed by atoms with Gasteiger partial charge < -0.3 is 10.4 Å². The first-order chi connectivity index (χ1) is 10.1. The molecule has 2 aromatic rings. The molecular weight excluding hydrogens is 276 g/mol. The summed E-state index contributed by atoms with van der Waals surface area (Å²) in [6, 6.07) is 9.11. The van der Waals surface area contributed by atoms with E-state index in [9.17, 15) is 13.6 Å². The minimum atomic E-state index is -0.721. The highest BCUT2D eigenvalue weighted by Crippen LogP contribution is 2.16. The summed E-state index contributed by atoms with van der Waals surface area (Å²) in [7, 11) is 0. The fraction of sp³-hybridized carbons (Fsp3) is 0.0625. The van der Waals surface area contributed by atoms with Crippen molar-refractivity contribution in [2.75, 3.05) is 11.9 Å². The number of aliphatic hydroxyl groups is 1. The molecule has 106 valence electrons. The van der Waals surface area contributed by atoms with Crippen molar-refractivity contribution in [1.82, 2.24) is 0 Å². The number of anilines is 1. The Morgan fingerprint density at radius 1 is 1.19 bits per heavy atom. The second-order valence-corrected chi connectivity index (χ2v) is 4.12. The summed E-state index contributed by atoms with van der Waals surface area (Å²) < 4.78 is 26.5. The number of rotatable bonds is 2. The number of aliphatic hydroxyl groups excluding tert-OH is 1. The van der Waals surface area contributed by atoms with Gasteiger partial charge in [-0.3, -0.25) is 4.79 Å². The minimum Gasteiger partial charge on any atom is -0.384 e. The Hall–Kier alpha value is -2.71. The number of nitrogens with one attached hydrogen (secondary N) is 1. The van der Waals surface area contributed by atoms with E-state index >= 15 is 0 Å². The summed E-state index contributed by atoms with van der Waals surface area (Å²) in [6.07, 6.45) is 0. The average molecular weight is 287 g/mol. The van der Waals surface area contributed by atoms with Gasteiger partial charge in [0.05, 0.1) is 5.69 Å². The SMILES string of the molecule is O=C(Nc1cc(F)ccc1F)c1cccc(C#CCO)c1. The van der Waals surface area contributed by atoms with Crippen molar-refractivity contribution in [2.24, 2.45) is 0 Å². The maximum atomic E-state index is 13.5. The molecule has 0 unspecified atom stereocenters. The van der Waals surface area contributed by atoms with E-state index in [0.717, 1.165) is 18.2 Å². The van der Waals surface area contributed by atoms with Gasteiger partial charge in [0.15, 0.2) is 0 Å². The lowest BCUT2D eigenvalue weighted by Gasteiger charge is -2.07. The predicted octanol–water partition coefficient (Wildman–Crippen LogP) is 2.56. The lowest BCUT2D eigenvalue weighted by atomic mass is 10.1. The molecule has 0 saturated carbocycles. The smallest absolute Gasteiger partial charge is 0.255 e. The van der Waals surface area contributed by atoms with Crippen LogP contribution in [0.4, 0.5) is 14.5 Å². The van der Waals surface area contributed by atoms with Crippen molar-refractivity contribution in [2.45, 2.75) is 0 Å². The van der Waals surface area contributed by atoms with Crippen LogP contribution in [0.25, 0.3) is 0 Å². The van der Waals surface area contributed by atoms with Crippen LogP contribution in [0.1, 0.15) is 15.9 Å². The van der Waals surface area contributed by atoms with E-state index in [0.29, 0.717) is 5.56 Å². The summed E-state index contributed by atoms with van der Waals surface area (Å²) in [5.74, 6) is 3.18. The van der Waals surface area contributed by atoms with Crippen LogP contribution in [-0.4, -0.2) is 17.6 Å². The quantitative estimate of drug-likeness (QED) is 0.834. The maximum Gasteiger partial charge on any atom is 0.255 e. The maximum absolute atomic E-state index is 13.5. The fourth-order valence-corrected chi connectivity index (χ4v) is 1.67. The Bertz CT molecular complexity index is 733. The third-order valence-electron chi connectivity index (χ3n) is 2.61. The van der Waals surface area contributed by atoms with Gasteiger partial charge in [0.1, 0.15) is 18.2 Å². The van der Waals surface area contributed by atoms with Gasteiger partial charge in [0.2, 0.25) is 0 Å². The highest BCUT2D eigenvalue weighted by molar-refractivity contribution is 6.04. The molecule has 0 aromatic heterocycles. The Morgan fingerprint density at radius 2 is 2.00 bits per heavy atom. The van der Waals surface area contributed by atoms with Gasteiger partial charge in [-0.25, -0.2) is 8.78 Å². The van der Waals surface area contributed by atoms with Crippen LogP contribution in [0.3, 0.4) is 0 Å². The van der Waals surface area contributed by atoms with Crippen LogP contribution in [0.5, 0.6) is 0 Å². The molecule has 0 bridgehead atoms. The van der Waals surface area contributed by atoms with Crippen LogP contribution in [0.2, 0.25) is 0 Å². The zero-order chi connectivity index (χ0) is 15.2. The molecule has 0 aliphatic carbocycles. The largest absolute Gasteiger partial charge is 0.384 e. The first kappa shape index (κ1) is 14.7. The van der Waals surface area contributed by atoms with E-state index in [4.69, 9.17) is 5.11 Å². The van der Waals surface area contributed by atoms with Gasteiger partial charge in [0.25, 0.3) is 5.91 Å². The van der Waals surface area contributed by atoms with Crippen molar-refractivity contribution in [3.05, 3.63) is 65.2 Å². The molecule has 21 heavy (non-hydrogen) atoms. The summed E-state index contributed by atoms with van der Waals surface area (Å²) >= 11 is 0. The van der Waals surface area contributed by atoms with Crippen LogP contribution in [-0.2, 0) is 0 Å². The number of hydrogen-bond donors (Lipinski definition) is 2. The number of carbonyl (C=O) groups is 1. The zero-order valence-corrected chi connectivity index (χ0v) is 10.9. The van der Waals surface area contributed by atoms with Crippen molar-refractivity contribution in [3.8, 4) is 11.8 Å². The first-order valence-electron chi connectivity index (χ1n) is 6.06. The number of amides is 1. The summed E-state index contributed by atoms with van der Waals surface area (Å²) in [4.78, 5) is 12.0. The van der Waals surface area contributed by atoms with E-state index in [2.05, 4.69) is 17.2 Å². The molecule has 0 aliphatic heterocycles. The number of carbonyl (C=O) groups excluding carboxylic acids is 1. The zero-order valence-electron chi connectivity index (χ0n) is 10.9. The van der Waals surface area contributed by atoms with Crippen LogP contribution >= 0.6 is 0 Å². The third-order valence-corrected chi connectivity index (χ3v) is 2.61. The molecule has 2 N–H and O–H groups in total. The van der Waals surface area contributed by atoms with E-state index in [1.807, 2.05) is 0 Å². The first-order valence-corrected chi connectivity index (χ1v) is 6.06. The van der Waals surface area contributed by atoms with Crippen LogP contribution < -0.4 is 5.32 Å². The molecule has 5 heteroatoms. The molecule has 0 heterocycles. The Kier molecular flexibility index (Phi) is 4.64. The van der Waals surface area contributed by atoms with Gasteiger partial charge in [-0.1, -0.05) is 17.9 Å². The average Bonchev–Trinajstić information content (AvgIpc) is 2.49. The highest BCUT2D eigenvalue weighted by Gasteiger charge is 2.10. The van der Waals surface area contributed by atoms with E-state index in [1.54, 1.807) is 12.1 Å². The van der Waals surface area contributed by atoms with Gasteiger partial charge in [-0.2, -0.15) is 0 Å². The Morgan fingerprint density at radius 3 is 2.76 bits per heavy atom. The summed E-state index contributed by atoms with van der Waals surface area (Å²) in [6.45, 7) is -0.287. The van der Waals surface area contributed by atoms with E-state index < -0.39 is 17.5 Å². The minimum absolute atomic E-state index is 0.230. The predicted molar refractivity (Wildman–Crippen MR) is 74.7 cm³/mol. The molecule has 0 saturated heterocycles. The molecule has 2 rings (SSSR count). The highest BCUT2D eigenvalue weighted by atomic mass is 19.1. The number of hydrogen-bond acceptors (Lipinski definition) is 2. The molecule has 2 aromatic carbocycles.